The number of likely N-dealkylation sites (tertiary alicyclic amines) is 1. The van der Waals surface area contributed by atoms with Crippen LogP contribution in [0.1, 0.15) is 43.1 Å². The first-order valence-electron chi connectivity index (χ1n) is 15.9. The van der Waals surface area contributed by atoms with Crippen molar-refractivity contribution in [2.75, 3.05) is 52.5 Å². The minimum Gasteiger partial charge on any atom is -0.481 e. The van der Waals surface area contributed by atoms with Gasteiger partial charge >= 0.3 is 12.1 Å². The maximum atomic E-state index is 13.4. The number of amides is 4. The van der Waals surface area contributed by atoms with Crippen LogP contribution < -0.4 is 15.4 Å². The third-order valence-corrected chi connectivity index (χ3v) is 8.05. The highest BCUT2D eigenvalue weighted by molar-refractivity contribution is 5.96. The summed E-state index contributed by atoms with van der Waals surface area (Å²) in [5.41, 5.74) is 0.420. The van der Waals surface area contributed by atoms with E-state index < -0.39 is 30.0 Å². The van der Waals surface area contributed by atoms with E-state index in [4.69, 9.17) is 14.3 Å². The molecule has 2 aliphatic heterocycles. The molecule has 0 bridgehead atoms. The molecular weight excluding hydrogens is 630 g/mol. The Balaban J connectivity index is 1.22. The van der Waals surface area contributed by atoms with E-state index in [2.05, 4.69) is 15.7 Å². The number of hydrogen-bond donors (Lipinski definition) is 3. The van der Waals surface area contributed by atoms with Gasteiger partial charge in [-0.2, -0.15) is 5.10 Å². The fourth-order valence-electron chi connectivity index (χ4n) is 5.18. The molecule has 0 spiro atoms. The smallest absolute Gasteiger partial charge is 0.481 e. The van der Waals surface area contributed by atoms with Gasteiger partial charge in [0, 0.05) is 44.7 Å². The average Bonchev–Trinajstić information content (AvgIpc) is 3.75. The summed E-state index contributed by atoms with van der Waals surface area (Å²) in [4.78, 5) is 83.0. The van der Waals surface area contributed by atoms with Gasteiger partial charge in [-0.25, -0.2) is 9.48 Å². The monoisotopic (exact) mass is 669 g/mol. The molecule has 17 heteroatoms. The Morgan fingerprint density at radius 1 is 1.00 bits per heavy atom. The number of ether oxygens (including phenoxy) is 2. The third-order valence-electron chi connectivity index (χ3n) is 8.05. The average molecular weight is 670 g/mol. The molecular formula is C31H39N7O10. The normalized spacial score (nSPS) is 17.1. The van der Waals surface area contributed by atoms with Gasteiger partial charge in [0.1, 0.15) is 6.04 Å². The number of piperazine rings is 1. The first-order valence-corrected chi connectivity index (χ1v) is 15.9. The van der Waals surface area contributed by atoms with Crippen LogP contribution in [0.15, 0.2) is 36.4 Å². The number of carbonyl (C=O) groups is 6. The van der Waals surface area contributed by atoms with E-state index in [1.807, 2.05) is 0 Å². The number of para-hydroxylation sites is 1. The molecule has 2 saturated heterocycles. The van der Waals surface area contributed by atoms with Crippen molar-refractivity contribution in [3.63, 3.8) is 0 Å². The number of rotatable bonds is 14. The van der Waals surface area contributed by atoms with Crippen LogP contribution in [0.5, 0.6) is 5.88 Å². The highest BCUT2D eigenvalue weighted by atomic mass is 16.8. The van der Waals surface area contributed by atoms with Gasteiger partial charge in [0.15, 0.2) is 12.3 Å². The summed E-state index contributed by atoms with van der Waals surface area (Å²) in [7, 11) is 0. The van der Waals surface area contributed by atoms with Crippen LogP contribution in [0.2, 0.25) is 0 Å². The van der Waals surface area contributed by atoms with E-state index in [9.17, 15) is 33.9 Å². The Kier molecular flexibility index (Phi) is 11.1. The zero-order valence-electron chi connectivity index (χ0n) is 26.5. The predicted octanol–water partition coefficient (Wildman–Crippen LogP) is 0.184. The first kappa shape index (κ1) is 34.2. The summed E-state index contributed by atoms with van der Waals surface area (Å²) in [6, 6.07) is 9.17. The van der Waals surface area contributed by atoms with Gasteiger partial charge in [0.05, 0.1) is 31.3 Å². The molecule has 1 aliphatic carbocycles. The van der Waals surface area contributed by atoms with Crippen molar-refractivity contribution in [3.8, 4) is 11.6 Å². The lowest BCUT2D eigenvalue weighted by Gasteiger charge is -2.38. The van der Waals surface area contributed by atoms with Crippen molar-refractivity contribution in [3.05, 3.63) is 42.1 Å². The Morgan fingerprint density at radius 3 is 2.35 bits per heavy atom. The highest BCUT2D eigenvalue weighted by Crippen LogP contribution is 2.23. The lowest BCUT2D eigenvalue weighted by Crippen LogP contribution is -2.57. The third kappa shape index (κ3) is 8.99. The van der Waals surface area contributed by atoms with E-state index in [1.54, 1.807) is 37.3 Å². The molecule has 17 nitrogen and oxygen atoms in total. The lowest BCUT2D eigenvalue weighted by atomic mass is 9.99. The van der Waals surface area contributed by atoms with E-state index >= 15 is 0 Å². The van der Waals surface area contributed by atoms with Gasteiger partial charge in [0.25, 0.3) is 11.8 Å². The summed E-state index contributed by atoms with van der Waals surface area (Å²) in [6.07, 6.45) is 0.560. The fourth-order valence-corrected chi connectivity index (χ4v) is 5.18. The van der Waals surface area contributed by atoms with Crippen LogP contribution in [-0.2, 0) is 28.8 Å². The van der Waals surface area contributed by atoms with Crippen LogP contribution in [0.4, 0.5) is 4.79 Å². The molecule has 0 unspecified atom stereocenters. The molecule has 4 amide bonds. The van der Waals surface area contributed by atoms with Gasteiger partial charge in [-0.05, 0) is 38.3 Å². The quantitative estimate of drug-likeness (QED) is 0.231. The number of carbonyl (C=O) groups excluding carboxylic acids is 5. The second-order valence-corrected chi connectivity index (χ2v) is 11.7. The molecule has 1 atom stereocenters. The number of benzene rings is 1. The Hall–Kier alpha value is -5.19. The maximum Gasteiger partial charge on any atom is 0.527 e. The number of hydrogen-bond acceptors (Lipinski definition) is 11. The van der Waals surface area contributed by atoms with Crippen LogP contribution >= 0.6 is 0 Å². The van der Waals surface area contributed by atoms with E-state index in [1.165, 1.54) is 25.6 Å². The van der Waals surface area contributed by atoms with Gasteiger partial charge in [-0.3, -0.25) is 24.0 Å². The SMILES string of the molecule is CCOC(=O)ON1CCN(C(=O)[C@H](CCC(=O)O)NC(=O)c2cc(OCC(=O)N3CC(C(=O)NC4CC4)C3)n(-c3ccccc3)n2)CC1. The summed E-state index contributed by atoms with van der Waals surface area (Å²) < 4.78 is 11.9. The number of carboxylic acid groups (broad SMARTS) is 1. The lowest BCUT2D eigenvalue weighted by molar-refractivity contribution is -0.157. The number of hydroxylamine groups is 2. The van der Waals surface area contributed by atoms with Crippen molar-refractivity contribution in [1.82, 2.24) is 35.3 Å². The Morgan fingerprint density at radius 2 is 1.71 bits per heavy atom. The molecule has 0 radical (unpaired) electrons. The number of aromatic nitrogens is 2. The summed E-state index contributed by atoms with van der Waals surface area (Å²) in [5.74, 6) is -2.92. The molecule has 3 fully saturated rings. The van der Waals surface area contributed by atoms with Crippen LogP contribution in [-0.4, -0.2) is 130 Å². The topological polar surface area (TPSA) is 202 Å². The van der Waals surface area contributed by atoms with Crippen LogP contribution in [0, 0.1) is 5.92 Å². The second kappa shape index (κ2) is 15.6. The number of carboxylic acids is 1. The largest absolute Gasteiger partial charge is 0.527 e. The predicted molar refractivity (Wildman–Crippen MR) is 165 cm³/mol. The van der Waals surface area contributed by atoms with Crippen molar-refractivity contribution < 1.29 is 48.2 Å². The van der Waals surface area contributed by atoms with Crippen molar-refractivity contribution in [2.24, 2.45) is 5.92 Å². The van der Waals surface area contributed by atoms with Gasteiger partial charge < -0.3 is 39.9 Å². The zero-order valence-corrected chi connectivity index (χ0v) is 26.5. The van der Waals surface area contributed by atoms with Crippen molar-refractivity contribution in [1.29, 1.82) is 0 Å². The second-order valence-electron chi connectivity index (χ2n) is 11.7. The van der Waals surface area contributed by atoms with Crippen LogP contribution in [0.3, 0.4) is 0 Å². The number of nitrogens with one attached hydrogen (secondary N) is 2. The standard InChI is InChI=1S/C31H39N7O10/c1-2-46-31(45)48-37-14-12-35(13-15-37)30(44)23(10-11-27(40)41)33-29(43)24-16-26(38(34-24)22-6-4-3-5-7-22)47-19-25(39)36-17-20(18-36)28(42)32-21-8-9-21/h3-7,16,20-21,23H,2,8-15,17-19H2,1H3,(H,32,42)(H,33,43)(H,40,41)/t23-/m0/s1. The zero-order chi connectivity index (χ0) is 34.2. The van der Waals surface area contributed by atoms with E-state index in [0.717, 1.165) is 12.8 Å². The van der Waals surface area contributed by atoms with Gasteiger partial charge in [-0.15, -0.1) is 5.06 Å². The van der Waals surface area contributed by atoms with Crippen molar-refractivity contribution in [2.45, 2.75) is 44.7 Å². The summed E-state index contributed by atoms with van der Waals surface area (Å²) in [5, 5.41) is 20.6. The molecule has 2 aromatic rings. The van der Waals surface area contributed by atoms with Crippen LogP contribution in [0.25, 0.3) is 5.69 Å². The van der Waals surface area contributed by atoms with E-state index in [0.29, 0.717) is 18.8 Å². The number of nitrogens with zero attached hydrogens (tertiary/aromatic N) is 5. The fraction of sp³-hybridized carbons (Fsp3) is 0.516. The van der Waals surface area contributed by atoms with Gasteiger partial charge in [0.2, 0.25) is 17.7 Å². The molecule has 5 rings (SSSR count). The molecule has 258 valence electrons. The van der Waals surface area contributed by atoms with E-state index in [-0.39, 0.29) is 87.6 Å². The summed E-state index contributed by atoms with van der Waals surface area (Å²) in [6.45, 7) is 2.74. The maximum absolute atomic E-state index is 13.4. The first-order chi connectivity index (χ1) is 23.1. The minimum atomic E-state index is -1.18. The molecule has 48 heavy (non-hydrogen) atoms. The highest BCUT2D eigenvalue weighted by Gasteiger charge is 2.38. The summed E-state index contributed by atoms with van der Waals surface area (Å²) >= 11 is 0. The molecule has 3 heterocycles. The van der Waals surface area contributed by atoms with Gasteiger partial charge in [-0.1, -0.05) is 18.2 Å². The van der Waals surface area contributed by atoms with Crippen molar-refractivity contribution >= 4 is 35.8 Å². The number of aliphatic carboxylic acids is 1. The molecule has 3 N–H and O–H groups in total. The Labute approximate surface area is 276 Å². The molecule has 1 saturated carbocycles. The molecule has 1 aromatic heterocycles. The minimum absolute atomic E-state index is 0.0503. The Bertz CT molecular complexity index is 1500. The molecule has 3 aliphatic rings. The molecule has 1 aromatic carbocycles.